The lowest BCUT2D eigenvalue weighted by Gasteiger charge is -2.08. The fraction of sp³-hybridized carbons (Fsp3) is 0.133. The number of rotatable bonds is 4. The number of nitriles is 1. The van der Waals surface area contributed by atoms with Crippen LogP contribution in [0.4, 0.5) is 4.39 Å². The van der Waals surface area contributed by atoms with Crippen molar-refractivity contribution in [3.8, 4) is 11.8 Å². The molecule has 4 heteroatoms. The summed E-state index contributed by atoms with van der Waals surface area (Å²) in [6.07, 6.45) is 0. The van der Waals surface area contributed by atoms with Crippen LogP contribution in [0.25, 0.3) is 0 Å². The van der Waals surface area contributed by atoms with E-state index in [-0.39, 0.29) is 5.82 Å². The second-order valence-corrected chi connectivity index (χ2v) is 4.59. The van der Waals surface area contributed by atoms with Crippen molar-refractivity contribution in [2.75, 3.05) is 0 Å². The third kappa shape index (κ3) is 3.80. The van der Waals surface area contributed by atoms with Gasteiger partial charge in [0.05, 0.1) is 11.6 Å². The summed E-state index contributed by atoms with van der Waals surface area (Å²) in [5, 5.41) is 9.38. The molecule has 0 spiro atoms. The van der Waals surface area contributed by atoms with Gasteiger partial charge < -0.3 is 4.74 Å². The quantitative estimate of drug-likeness (QED) is 0.792. The number of nitrogens with zero attached hydrogens (tertiary/aromatic N) is 1. The summed E-state index contributed by atoms with van der Waals surface area (Å²) in [6.45, 7) is 0.306. The lowest BCUT2D eigenvalue weighted by atomic mass is 10.1. The van der Waals surface area contributed by atoms with Gasteiger partial charge >= 0.3 is 0 Å². The van der Waals surface area contributed by atoms with Crippen LogP contribution in [-0.4, -0.2) is 0 Å². The molecule has 2 aromatic carbocycles. The number of hydrogen-bond acceptors (Lipinski definition) is 2. The molecule has 0 bridgehead atoms. The summed E-state index contributed by atoms with van der Waals surface area (Å²) >= 11 is 3.28. The van der Waals surface area contributed by atoms with Crippen LogP contribution in [0.15, 0.2) is 42.5 Å². The van der Waals surface area contributed by atoms with E-state index in [1.54, 1.807) is 24.3 Å². The van der Waals surface area contributed by atoms with Crippen molar-refractivity contribution in [1.29, 1.82) is 5.26 Å². The highest BCUT2D eigenvalue weighted by Gasteiger charge is 2.02. The van der Waals surface area contributed by atoms with Crippen LogP contribution in [0, 0.1) is 17.1 Å². The molecule has 0 amide bonds. The highest BCUT2D eigenvalue weighted by molar-refractivity contribution is 9.08. The van der Waals surface area contributed by atoms with Crippen molar-refractivity contribution in [1.82, 2.24) is 0 Å². The van der Waals surface area contributed by atoms with Gasteiger partial charge in [-0.05, 0) is 35.4 Å². The third-order valence-electron chi connectivity index (χ3n) is 2.55. The lowest BCUT2D eigenvalue weighted by molar-refractivity contribution is 0.304. The van der Waals surface area contributed by atoms with Crippen LogP contribution in [0.3, 0.4) is 0 Å². The maximum atomic E-state index is 13.3. The molecule has 19 heavy (non-hydrogen) atoms. The molecule has 0 aliphatic rings. The average molecular weight is 320 g/mol. The Labute approximate surface area is 119 Å². The largest absolute Gasteiger partial charge is 0.489 e. The SMILES string of the molecule is N#Cc1cccc(COc2cc(F)cc(CBr)c2)c1. The van der Waals surface area contributed by atoms with Crippen molar-refractivity contribution in [3.63, 3.8) is 0 Å². The van der Waals surface area contributed by atoms with Gasteiger partial charge in [-0.2, -0.15) is 5.26 Å². The molecule has 0 aliphatic carbocycles. The first-order valence-corrected chi connectivity index (χ1v) is 6.80. The van der Waals surface area contributed by atoms with E-state index in [1.807, 2.05) is 6.07 Å². The van der Waals surface area contributed by atoms with Crippen LogP contribution in [0.1, 0.15) is 16.7 Å². The Bertz CT molecular complexity index is 622. The molecule has 0 atom stereocenters. The van der Waals surface area contributed by atoms with Crippen LogP contribution in [0.5, 0.6) is 5.75 Å². The minimum absolute atomic E-state index is 0.306. The summed E-state index contributed by atoms with van der Waals surface area (Å²) in [6, 6.07) is 13.8. The van der Waals surface area contributed by atoms with Crippen LogP contribution in [0.2, 0.25) is 0 Å². The zero-order valence-corrected chi connectivity index (χ0v) is 11.7. The molecule has 0 aliphatic heterocycles. The highest BCUT2D eigenvalue weighted by atomic mass is 79.9. The fourth-order valence-electron chi connectivity index (χ4n) is 1.68. The predicted octanol–water partition coefficient (Wildman–Crippen LogP) is 4.17. The molecule has 0 N–H and O–H groups in total. The van der Waals surface area contributed by atoms with Gasteiger partial charge in [-0.15, -0.1) is 0 Å². The van der Waals surface area contributed by atoms with E-state index in [0.717, 1.165) is 11.1 Å². The topological polar surface area (TPSA) is 33.0 Å². The second-order valence-electron chi connectivity index (χ2n) is 4.03. The van der Waals surface area contributed by atoms with Crippen molar-refractivity contribution in [3.05, 3.63) is 65.0 Å². The minimum atomic E-state index is -0.322. The van der Waals surface area contributed by atoms with Crippen LogP contribution in [-0.2, 0) is 11.9 Å². The van der Waals surface area contributed by atoms with Gasteiger partial charge in [0.2, 0.25) is 0 Å². The molecule has 0 saturated carbocycles. The van der Waals surface area contributed by atoms with Gasteiger partial charge in [0.25, 0.3) is 0 Å². The molecule has 0 aromatic heterocycles. The van der Waals surface area contributed by atoms with E-state index in [4.69, 9.17) is 10.00 Å². The Morgan fingerprint density at radius 1 is 1.16 bits per heavy atom. The number of benzene rings is 2. The van der Waals surface area contributed by atoms with E-state index >= 15 is 0 Å². The van der Waals surface area contributed by atoms with Crippen molar-refractivity contribution in [2.45, 2.75) is 11.9 Å². The first kappa shape index (κ1) is 13.6. The van der Waals surface area contributed by atoms with E-state index in [9.17, 15) is 4.39 Å². The Hall–Kier alpha value is -1.86. The molecular formula is C15H11BrFNO. The second kappa shape index (κ2) is 6.35. The number of hydrogen-bond donors (Lipinski definition) is 0. The Kier molecular flexibility index (Phi) is 4.53. The lowest BCUT2D eigenvalue weighted by Crippen LogP contribution is -1.97. The first-order chi connectivity index (χ1) is 9.21. The molecule has 0 radical (unpaired) electrons. The summed E-state index contributed by atoms with van der Waals surface area (Å²) in [5.74, 6) is 0.162. The van der Waals surface area contributed by atoms with Gasteiger partial charge in [0, 0.05) is 11.4 Å². The first-order valence-electron chi connectivity index (χ1n) is 5.68. The molecule has 2 nitrogen and oxygen atoms in total. The minimum Gasteiger partial charge on any atom is -0.489 e. The standard InChI is InChI=1S/C15H11BrFNO/c16-8-13-5-14(17)7-15(6-13)19-10-12-3-1-2-11(4-12)9-18/h1-7H,8,10H2. The third-order valence-corrected chi connectivity index (χ3v) is 3.19. The normalized spacial score (nSPS) is 9.95. The molecule has 0 unspecified atom stereocenters. The molecule has 0 fully saturated rings. The zero-order valence-electron chi connectivity index (χ0n) is 10.1. The molecule has 96 valence electrons. The maximum Gasteiger partial charge on any atom is 0.127 e. The van der Waals surface area contributed by atoms with E-state index < -0.39 is 0 Å². The van der Waals surface area contributed by atoms with Gasteiger partial charge in [-0.25, -0.2) is 4.39 Å². The van der Waals surface area contributed by atoms with Crippen molar-refractivity contribution >= 4 is 15.9 Å². The summed E-state index contributed by atoms with van der Waals surface area (Å²) in [4.78, 5) is 0. The van der Waals surface area contributed by atoms with Gasteiger partial charge in [0.15, 0.2) is 0 Å². The van der Waals surface area contributed by atoms with Crippen molar-refractivity contribution in [2.24, 2.45) is 0 Å². The van der Waals surface area contributed by atoms with Crippen LogP contribution >= 0.6 is 15.9 Å². The van der Waals surface area contributed by atoms with E-state index in [0.29, 0.717) is 23.2 Å². The van der Waals surface area contributed by atoms with Gasteiger partial charge in [0.1, 0.15) is 18.2 Å². The Balaban J connectivity index is 2.10. The highest BCUT2D eigenvalue weighted by Crippen LogP contribution is 2.19. The molecule has 0 heterocycles. The summed E-state index contributed by atoms with van der Waals surface area (Å²) in [7, 11) is 0. The fourth-order valence-corrected chi connectivity index (χ4v) is 2.00. The number of halogens is 2. The van der Waals surface area contributed by atoms with Gasteiger partial charge in [-0.1, -0.05) is 28.1 Å². The molecule has 2 rings (SSSR count). The maximum absolute atomic E-state index is 13.3. The van der Waals surface area contributed by atoms with E-state index in [2.05, 4.69) is 22.0 Å². The van der Waals surface area contributed by atoms with Crippen molar-refractivity contribution < 1.29 is 9.13 Å². The Morgan fingerprint density at radius 3 is 2.74 bits per heavy atom. The molecule has 0 saturated heterocycles. The zero-order chi connectivity index (χ0) is 13.7. The molecule has 2 aromatic rings. The summed E-state index contributed by atoms with van der Waals surface area (Å²) in [5.41, 5.74) is 2.28. The predicted molar refractivity (Wildman–Crippen MR) is 74.5 cm³/mol. The number of alkyl halides is 1. The Morgan fingerprint density at radius 2 is 2.00 bits per heavy atom. The smallest absolute Gasteiger partial charge is 0.127 e. The van der Waals surface area contributed by atoms with E-state index in [1.165, 1.54) is 12.1 Å². The number of ether oxygens (including phenoxy) is 1. The average Bonchev–Trinajstić information content (AvgIpc) is 2.44. The molecular weight excluding hydrogens is 309 g/mol. The van der Waals surface area contributed by atoms with Gasteiger partial charge in [-0.3, -0.25) is 0 Å². The van der Waals surface area contributed by atoms with Crippen LogP contribution < -0.4 is 4.74 Å². The summed E-state index contributed by atoms with van der Waals surface area (Å²) < 4.78 is 18.9. The monoisotopic (exact) mass is 319 g/mol.